The Labute approximate surface area is 152 Å². The Morgan fingerprint density at radius 1 is 1.00 bits per heavy atom. The molecule has 0 aromatic heterocycles. The number of benzene rings is 2. The van der Waals surface area contributed by atoms with Gasteiger partial charge < -0.3 is 9.47 Å². The molecule has 0 bridgehead atoms. The molecule has 1 atom stereocenters. The third-order valence-corrected chi connectivity index (χ3v) is 6.75. The number of nitrogens with zero attached hydrogens (tertiary/aromatic N) is 1. The van der Waals surface area contributed by atoms with Gasteiger partial charge in [0.05, 0.1) is 10.9 Å². The van der Waals surface area contributed by atoms with E-state index in [1.54, 1.807) is 28.6 Å². The van der Waals surface area contributed by atoms with Crippen LogP contribution < -0.4 is 9.47 Å². The fraction of sp³-hybridized carbons (Fsp3) is 0.333. The fourth-order valence-electron chi connectivity index (χ4n) is 3.37. The highest BCUT2D eigenvalue weighted by molar-refractivity contribution is 7.89. The van der Waals surface area contributed by atoms with Gasteiger partial charge in [0.15, 0.2) is 11.5 Å². The minimum Gasteiger partial charge on any atom is -0.486 e. The van der Waals surface area contributed by atoms with Gasteiger partial charge in [-0.05, 0) is 54.8 Å². The molecule has 5 nitrogen and oxygen atoms in total. The molecule has 2 aromatic rings. The molecule has 7 heteroatoms. The van der Waals surface area contributed by atoms with Gasteiger partial charge in [-0.3, -0.25) is 0 Å². The third kappa shape index (κ3) is 3.10. The monoisotopic (exact) mass is 379 g/mol. The van der Waals surface area contributed by atoms with E-state index in [2.05, 4.69) is 0 Å². The van der Waals surface area contributed by atoms with Crippen molar-refractivity contribution < 1.29 is 17.9 Å². The lowest BCUT2D eigenvalue weighted by Gasteiger charge is -2.26. The summed E-state index contributed by atoms with van der Waals surface area (Å²) in [5.74, 6) is 1.39. The molecule has 132 valence electrons. The van der Waals surface area contributed by atoms with Crippen LogP contribution in [0.4, 0.5) is 0 Å². The Bertz CT molecular complexity index is 882. The van der Waals surface area contributed by atoms with E-state index in [0.29, 0.717) is 36.3 Å². The van der Waals surface area contributed by atoms with Gasteiger partial charge in [-0.1, -0.05) is 17.7 Å². The first-order valence-electron chi connectivity index (χ1n) is 8.23. The molecule has 0 aliphatic carbocycles. The van der Waals surface area contributed by atoms with Gasteiger partial charge in [0.1, 0.15) is 13.2 Å². The number of ether oxygens (including phenoxy) is 2. The molecule has 2 aliphatic rings. The highest BCUT2D eigenvalue weighted by atomic mass is 35.5. The molecule has 0 radical (unpaired) electrons. The summed E-state index contributed by atoms with van der Waals surface area (Å²) in [6.45, 7) is 1.55. The van der Waals surface area contributed by atoms with Crippen molar-refractivity contribution in [3.05, 3.63) is 53.1 Å². The zero-order chi connectivity index (χ0) is 17.4. The third-order valence-electron chi connectivity index (χ3n) is 4.57. The smallest absolute Gasteiger partial charge is 0.243 e. The van der Waals surface area contributed by atoms with Crippen molar-refractivity contribution in [2.75, 3.05) is 19.8 Å². The van der Waals surface area contributed by atoms with E-state index in [1.165, 1.54) is 0 Å². The number of sulfonamides is 1. The minimum atomic E-state index is -3.57. The molecule has 2 aliphatic heterocycles. The zero-order valence-electron chi connectivity index (χ0n) is 13.5. The molecule has 2 heterocycles. The molecule has 1 fully saturated rings. The summed E-state index contributed by atoms with van der Waals surface area (Å²) >= 11 is 5.88. The first-order valence-corrected chi connectivity index (χ1v) is 10.0. The standard InChI is InChI=1S/C18H18ClNO4S/c19-14-4-6-15(7-5-14)25(21,22)20-9-1-2-16(20)13-3-8-17-18(12-13)24-11-10-23-17/h3-8,12,16H,1-2,9-11H2/t16-/m0/s1. The predicted molar refractivity (Wildman–Crippen MR) is 94.8 cm³/mol. The van der Waals surface area contributed by atoms with E-state index in [0.717, 1.165) is 18.4 Å². The number of halogens is 1. The summed E-state index contributed by atoms with van der Waals surface area (Å²) < 4.78 is 38.8. The van der Waals surface area contributed by atoms with Crippen molar-refractivity contribution in [1.82, 2.24) is 4.31 Å². The quantitative estimate of drug-likeness (QED) is 0.817. The average molecular weight is 380 g/mol. The van der Waals surface area contributed by atoms with Crippen LogP contribution in [0.3, 0.4) is 0 Å². The van der Waals surface area contributed by atoms with Crippen LogP contribution in [0.15, 0.2) is 47.4 Å². The van der Waals surface area contributed by atoms with Crippen LogP contribution in [0.1, 0.15) is 24.4 Å². The SMILES string of the molecule is O=S(=O)(c1ccc(Cl)cc1)N1CCC[C@H]1c1ccc2c(c1)OCCO2. The molecular weight excluding hydrogens is 362 g/mol. The van der Waals surface area contributed by atoms with Crippen molar-refractivity contribution in [1.29, 1.82) is 0 Å². The maximum atomic E-state index is 13.0. The van der Waals surface area contributed by atoms with Crippen molar-refractivity contribution in [2.45, 2.75) is 23.8 Å². The molecule has 2 aromatic carbocycles. The van der Waals surface area contributed by atoms with Crippen LogP contribution in [0.5, 0.6) is 11.5 Å². The summed E-state index contributed by atoms with van der Waals surface area (Å²) in [7, 11) is -3.57. The average Bonchev–Trinajstić information content (AvgIpc) is 3.12. The second-order valence-corrected chi connectivity index (χ2v) is 8.46. The van der Waals surface area contributed by atoms with Crippen LogP contribution in [0.2, 0.25) is 5.02 Å². The van der Waals surface area contributed by atoms with Crippen molar-refractivity contribution in [2.24, 2.45) is 0 Å². The lowest BCUT2D eigenvalue weighted by molar-refractivity contribution is 0.171. The van der Waals surface area contributed by atoms with Crippen LogP contribution in [-0.2, 0) is 10.0 Å². The first-order chi connectivity index (χ1) is 12.1. The fourth-order valence-corrected chi connectivity index (χ4v) is 5.18. The van der Waals surface area contributed by atoms with Crippen molar-refractivity contribution in [3.8, 4) is 11.5 Å². The van der Waals surface area contributed by atoms with Crippen LogP contribution in [0, 0.1) is 0 Å². The molecule has 1 saturated heterocycles. The molecule has 0 N–H and O–H groups in total. The Hall–Kier alpha value is -1.76. The Morgan fingerprint density at radius 2 is 1.72 bits per heavy atom. The van der Waals surface area contributed by atoms with Gasteiger partial charge in [-0.25, -0.2) is 8.42 Å². The van der Waals surface area contributed by atoms with Gasteiger partial charge in [-0.2, -0.15) is 4.31 Å². The number of fused-ring (bicyclic) bond motifs is 1. The highest BCUT2D eigenvalue weighted by Crippen LogP contribution is 2.40. The molecule has 0 spiro atoms. The van der Waals surface area contributed by atoms with Crippen molar-refractivity contribution >= 4 is 21.6 Å². The number of hydrogen-bond acceptors (Lipinski definition) is 4. The van der Waals surface area contributed by atoms with Crippen LogP contribution in [-0.4, -0.2) is 32.5 Å². The maximum Gasteiger partial charge on any atom is 0.243 e. The molecule has 4 rings (SSSR count). The maximum absolute atomic E-state index is 13.0. The van der Waals surface area contributed by atoms with Crippen molar-refractivity contribution in [3.63, 3.8) is 0 Å². The number of hydrogen-bond donors (Lipinski definition) is 0. The number of rotatable bonds is 3. The van der Waals surface area contributed by atoms with E-state index >= 15 is 0 Å². The first kappa shape index (κ1) is 16.7. The van der Waals surface area contributed by atoms with E-state index < -0.39 is 10.0 Å². The van der Waals surface area contributed by atoms with E-state index in [-0.39, 0.29) is 10.9 Å². The van der Waals surface area contributed by atoms with E-state index in [9.17, 15) is 8.42 Å². The summed E-state index contributed by atoms with van der Waals surface area (Å²) in [5, 5.41) is 0.517. The Morgan fingerprint density at radius 3 is 2.48 bits per heavy atom. The van der Waals surface area contributed by atoms with Gasteiger partial charge in [0.2, 0.25) is 10.0 Å². The van der Waals surface area contributed by atoms with E-state index in [4.69, 9.17) is 21.1 Å². The van der Waals surface area contributed by atoms with Crippen LogP contribution in [0.25, 0.3) is 0 Å². The summed E-state index contributed by atoms with van der Waals surface area (Å²) in [4.78, 5) is 0.265. The van der Waals surface area contributed by atoms with Gasteiger partial charge in [0.25, 0.3) is 0 Å². The molecule has 0 unspecified atom stereocenters. The predicted octanol–water partition coefficient (Wildman–Crippen LogP) is 3.64. The molecule has 0 saturated carbocycles. The minimum absolute atomic E-state index is 0.198. The van der Waals surface area contributed by atoms with Gasteiger partial charge >= 0.3 is 0 Å². The molecular formula is C18H18ClNO4S. The summed E-state index contributed by atoms with van der Waals surface area (Å²) in [6, 6.07) is 11.8. The normalized spacial score (nSPS) is 20.6. The highest BCUT2D eigenvalue weighted by Gasteiger charge is 2.36. The lowest BCUT2D eigenvalue weighted by atomic mass is 10.0. The largest absolute Gasteiger partial charge is 0.486 e. The van der Waals surface area contributed by atoms with Gasteiger partial charge in [0, 0.05) is 11.6 Å². The summed E-state index contributed by atoms with van der Waals surface area (Å²) in [6.07, 6.45) is 1.61. The molecule has 0 amide bonds. The van der Waals surface area contributed by atoms with E-state index in [1.807, 2.05) is 18.2 Å². The Kier molecular flexibility index (Phi) is 4.35. The Balaban J connectivity index is 1.67. The second kappa shape index (κ2) is 6.52. The molecule has 25 heavy (non-hydrogen) atoms. The van der Waals surface area contributed by atoms with Gasteiger partial charge in [-0.15, -0.1) is 0 Å². The topological polar surface area (TPSA) is 55.8 Å². The van der Waals surface area contributed by atoms with Crippen LogP contribution >= 0.6 is 11.6 Å². The summed E-state index contributed by atoms with van der Waals surface area (Å²) in [5.41, 5.74) is 0.930. The zero-order valence-corrected chi connectivity index (χ0v) is 15.1. The lowest BCUT2D eigenvalue weighted by Crippen LogP contribution is -2.30. The second-order valence-electron chi connectivity index (χ2n) is 6.13.